The molecule has 0 aliphatic rings. The van der Waals surface area contributed by atoms with Gasteiger partial charge in [-0.3, -0.25) is 4.79 Å². The van der Waals surface area contributed by atoms with Gasteiger partial charge >= 0.3 is 12.1 Å². The number of anilines is 1. The molecule has 0 spiro atoms. The predicted molar refractivity (Wildman–Crippen MR) is 107 cm³/mol. The molecule has 0 saturated carbocycles. The van der Waals surface area contributed by atoms with Crippen LogP contribution in [0.2, 0.25) is 0 Å². The van der Waals surface area contributed by atoms with Crippen LogP contribution in [0.15, 0.2) is 60.7 Å². The van der Waals surface area contributed by atoms with Gasteiger partial charge in [-0.25, -0.2) is 9.36 Å². The van der Waals surface area contributed by atoms with Crippen molar-refractivity contribution in [1.82, 2.24) is 4.57 Å². The number of hydrogen-bond acceptors (Lipinski definition) is 5. The third kappa shape index (κ3) is 2.58. The second kappa shape index (κ2) is 6.56. The third-order valence-electron chi connectivity index (χ3n) is 4.61. The van der Waals surface area contributed by atoms with Crippen molar-refractivity contribution in [2.24, 2.45) is 0 Å². The summed E-state index contributed by atoms with van der Waals surface area (Å²) < 4.78 is 6.15. The van der Waals surface area contributed by atoms with Crippen molar-refractivity contribution in [3.8, 4) is 17.2 Å². The fraction of sp³-hybridized carbons (Fsp3) is 0.0455. The minimum Gasteiger partial charge on any atom is -0.397 e. The zero-order chi connectivity index (χ0) is 19.8. The molecule has 6 nitrogen and oxygen atoms in total. The minimum absolute atomic E-state index is 0.282. The van der Waals surface area contributed by atoms with Gasteiger partial charge in [0.25, 0.3) is 0 Å². The van der Waals surface area contributed by atoms with Crippen molar-refractivity contribution in [3.63, 3.8) is 0 Å². The predicted octanol–water partition coefficient (Wildman–Crippen LogP) is 4.45. The molecule has 0 amide bonds. The van der Waals surface area contributed by atoms with Gasteiger partial charge in [-0.1, -0.05) is 48.5 Å². The molecule has 0 aliphatic carbocycles. The molecule has 4 aromatic rings. The van der Waals surface area contributed by atoms with Crippen LogP contribution in [-0.4, -0.2) is 16.6 Å². The quantitative estimate of drug-likeness (QED) is 0.304. The summed E-state index contributed by atoms with van der Waals surface area (Å²) in [6, 6.07) is 20.4. The lowest BCUT2D eigenvalue weighted by Gasteiger charge is -2.10. The summed E-state index contributed by atoms with van der Waals surface area (Å²) in [5.74, 6) is -0.708. The van der Waals surface area contributed by atoms with Gasteiger partial charge in [0.05, 0.1) is 22.3 Å². The van der Waals surface area contributed by atoms with Crippen molar-refractivity contribution in [1.29, 1.82) is 5.26 Å². The molecular weight excluding hydrogens is 354 g/mol. The third-order valence-corrected chi connectivity index (χ3v) is 4.61. The van der Waals surface area contributed by atoms with E-state index in [1.807, 2.05) is 42.5 Å². The standard InChI is InChI=1S/C22H15N3O3/c1-13(26)28-22(27)25-18-10-6-5-9-15(18)20-19(25)11-16(17(12-23)21(20)24)14-7-3-2-4-8-14/h2-11H,24H2,1H3. The summed E-state index contributed by atoms with van der Waals surface area (Å²) in [7, 11) is 0. The fourth-order valence-electron chi connectivity index (χ4n) is 3.49. The van der Waals surface area contributed by atoms with Gasteiger partial charge in [0.2, 0.25) is 0 Å². The van der Waals surface area contributed by atoms with E-state index in [9.17, 15) is 14.9 Å². The first-order valence-electron chi connectivity index (χ1n) is 8.56. The summed E-state index contributed by atoms with van der Waals surface area (Å²) in [5, 5.41) is 11.0. The summed E-state index contributed by atoms with van der Waals surface area (Å²) >= 11 is 0. The van der Waals surface area contributed by atoms with E-state index in [0.29, 0.717) is 32.9 Å². The number of esters is 1. The number of nitriles is 1. The Morgan fingerprint density at radius 1 is 1.04 bits per heavy atom. The Morgan fingerprint density at radius 3 is 2.39 bits per heavy atom. The normalized spacial score (nSPS) is 10.7. The lowest BCUT2D eigenvalue weighted by Crippen LogP contribution is -2.16. The van der Waals surface area contributed by atoms with E-state index in [-0.39, 0.29) is 5.69 Å². The largest absolute Gasteiger partial charge is 0.426 e. The summed E-state index contributed by atoms with van der Waals surface area (Å²) in [6.07, 6.45) is -0.818. The van der Waals surface area contributed by atoms with Crippen LogP contribution in [0.4, 0.5) is 10.5 Å². The average Bonchev–Trinajstić information content (AvgIpc) is 3.02. The fourth-order valence-corrected chi connectivity index (χ4v) is 3.49. The average molecular weight is 369 g/mol. The van der Waals surface area contributed by atoms with Gasteiger partial charge in [0, 0.05) is 23.3 Å². The van der Waals surface area contributed by atoms with Crippen molar-refractivity contribution in [2.75, 3.05) is 5.73 Å². The van der Waals surface area contributed by atoms with E-state index >= 15 is 0 Å². The molecule has 136 valence electrons. The number of para-hydroxylation sites is 1. The van der Waals surface area contributed by atoms with Crippen LogP contribution in [-0.2, 0) is 9.53 Å². The number of ether oxygens (including phenoxy) is 1. The van der Waals surface area contributed by atoms with Crippen LogP contribution in [0, 0.1) is 11.3 Å². The zero-order valence-electron chi connectivity index (χ0n) is 15.0. The second-order valence-electron chi connectivity index (χ2n) is 6.30. The summed E-state index contributed by atoms with van der Waals surface area (Å²) in [6.45, 7) is 1.17. The highest BCUT2D eigenvalue weighted by molar-refractivity contribution is 6.19. The van der Waals surface area contributed by atoms with Crippen molar-refractivity contribution >= 4 is 39.6 Å². The van der Waals surface area contributed by atoms with Crippen LogP contribution in [0.25, 0.3) is 32.9 Å². The number of carbonyl (C=O) groups excluding carboxylic acids is 2. The number of nitrogen functional groups attached to an aromatic ring is 1. The Bertz CT molecular complexity index is 1300. The molecule has 2 N–H and O–H groups in total. The van der Waals surface area contributed by atoms with E-state index in [1.54, 1.807) is 18.2 Å². The maximum atomic E-state index is 12.7. The Kier molecular flexibility index (Phi) is 4.06. The van der Waals surface area contributed by atoms with Crippen LogP contribution in [0.1, 0.15) is 12.5 Å². The van der Waals surface area contributed by atoms with Crippen LogP contribution < -0.4 is 5.73 Å². The number of fused-ring (bicyclic) bond motifs is 3. The first kappa shape index (κ1) is 17.3. The maximum Gasteiger partial charge on any atom is 0.426 e. The lowest BCUT2D eigenvalue weighted by atomic mass is 9.96. The van der Waals surface area contributed by atoms with E-state index in [2.05, 4.69) is 6.07 Å². The van der Waals surface area contributed by atoms with Crippen LogP contribution in [0.5, 0.6) is 0 Å². The number of carbonyl (C=O) groups is 2. The summed E-state index contributed by atoms with van der Waals surface area (Å²) in [4.78, 5) is 24.0. The minimum atomic E-state index is -0.818. The Hall–Kier alpha value is -4.11. The summed E-state index contributed by atoms with van der Waals surface area (Å²) in [5.41, 5.74) is 9.43. The monoisotopic (exact) mass is 369 g/mol. The van der Waals surface area contributed by atoms with E-state index < -0.39 is 12.1 Å². The highest BCUT2D eigenvalue weighted by atomic mass is 16.6. The molecule has 4 rings (SSSR count). The van der Waals surface area contributed by atoms with Gasteiger partial charge in [-0.15, -0.1) is 0 Å². The smallest absolute Gasteiger partial charge is 0.397 e. The molecule has 0 aliphatic heterocycles. The van der Waals surface area contributed by atoms with Crippen molar-refractivity contribution < 1.29 is 14.3 Å². The number of nitrogens with zero attached hydrogens (tertiary/aromatic N) is 2. The van der Waals surface area contributed by atoms with Crippen molar-refractivity contribution in [3.05, 3.63) is 66.2 Å². The number of benzene rings is 3. The molecule has 0 saturated heterocycles. The first-order chi connectivity index (χ1) is 13.5. The van der Waals surface area contributed by atoms with Crippen LogP contribution in [0.3, 0.4) is 0 Å². The van der Waals surface area contributed by atoms with E-state index in [0.717, 1.165) is 5.56 Å². The molecule has 0 fully saturated rings. The topological polar surface area (TPSA) is 98.1 Å². The van der Waals surface area contributed by atoms with Gasteiger partial charge in [0.15, 0.2) is 0 Å². The first-order valence-corrected chi connectivity index (χ1v) is 8.56. The highest BCUT2D eigenvalue weighted by Crippen LogP contribution is 2.39. The molecule has 3 aromatic carbocycles. The molecule has 0 radical (unpaired) electrons. The highest BCUT2D eigenvalue weighted by Gasteiger charge is 2.23. The second-order valence-corrected chi connectivity index (χ2v) is 6.30. The Labute approximate surface area is 160 Å². The van der Waals surface area contributed by atoms with Crippen LogP contribution >= 0.6 is 0 Å². The number of rotatable bonds is 1. The SMILES string of the molecule is CC(=O)OC(=O)n1c2ccccc2c2c(N)c(C#N)c(-c3ccccc3)cc21. The lowest BCUT2D eigenvalue weighted by molar-refractivity contribution is -0.134. The van der Waals surface area contributed by atoms with E-state index in [1.165, 1.54) is 11.5 Å². The molecule has 0 unspecified atom stereocenters. The number of nitrogens with two attached hydrogens (primary N) is 1. The maximum absolute atomic E-state index is 12.7. The van der Waals surface area contributed by atoms with E-state index in [4.69, 9.17) is 10.5 Å². The molecular formula is C22H15N3O3. The molecule has 0 atom stereocenters. The number of aromatic nitrogens is 1. The Balaban J connectivity index is 2.17. The zero-order valence-corrected chi connectivity index (χ0v) is 15.0. The van der Waals surface area contributed by atoms with Gasteiger partial charge < -0.3 is 10.5 Å². The molecule has 6 heteroatoms. The van der Waals surface area contributed by atoms with Gasteiger partial charge in [0.1, 0.15) is 6.07 Å². The van der Waals surface area contributed by atoms with Crippen molar-refractivity contribution in [2.45, 2.75) is 6.92 Å². The molecule has 1 heterocycles. The number of hydrogen-bond donors (Lipinski definition) is 1. The molecule has 28 heavy (non-hydrogen) atoms. The Morgan fingerprint density at radius 2 is 1.71 bits per heavy atom. The molecule has 0 bridgehead atoms. The molecule has 1 aromatic heterocycles. The van der Waals surface area contributed by atoms with Gasteiger partial charge in [-0.2, -0.15) is 5.26 Å². The van der Waals surface area contributed by atoms with Gasteiger partial charge in [-0.05, 0) is 17.7 Å².